The molecule has 22 heavy (non-hydrogen) atoms. The normalized spacial score (nSPS) is 32.3. The van der Waals surface area contributed by atoms with Crippen LogP contribution in [0.25, 0.3) is 0 Å². The Hall–Kier alpha value is -2.11. The lowest BCUT2D eigenvalue weighted by atomic mass is 9.62. The van der Waals surface area contributed by atoms with Gasteiger partial charge in [0, 0.05) is 16.4 Å². The monoisotopic (exact) mass is 305 g/mol. The molecule has 0 spiro atoms. The van der Waals surface area contributed by atoms with Gasteiger partial charge in [-0.1, -0.05) is 0 Å². The Kier molecular flexibility index (Phi) is 3.34. The zero-order valence-electron chi connectivity index (χ0n) is 12.6. The lowest BCUT2D eigenvalue weighted by Gasteiger charge is -2.48. The zero-order valence-corrected chi connectivity index (χ0v) is 12.6. The van der Waals surface area contributed by atoms with E-state index in [1.54, 1.807) is 6.07 Å². The third-order valence-corrected chi connectivity index (χ3v) is 5.09. The second-order valence-corrected chi connectivity index (χ2v) is 6.71. The van der Waals surface area contributed by atoms with Crippen LogP contribution >= 0.6 is 0 Å². The van der Waals surface area contributed by atoms with Crippen LogP contribution in [0.15, 0.2) is 18.2 Å². The minimum absolute atomic E-state index is 0.0520. The highest BCUT2D eigenvalue weighted by Gasteiger charge is 2.56. The largest absolute Gasteiger partial charge is 0.508 e. The maximum Gasteiger partial charge on any atom is 0.229 e. The van der Waals surface area contributed by atoms with Gasteiger partial charge in [-0.15, -0.1) is 0 Å². The van der Waals surface area contributed by atoms with Crippen molar-refractivity contribution in [1.82, 2.24) is 0 Å². The summed E-state index contributed by atoms with van der Waals surface area (Å²) in [7, 11) is 0. The zero-order chi connectivity index (χ0) is 16.1. The van der Waals surface area contributed by atoms with Gasteiger partial charge in [0.1, 0.15) is 23.4 Å². The minimum Gasteiger partial charge on any atom is -0.508 e. The van der Waals surface area contributed by atoms with Crippen molar-refractivity contribution in [3.63, 3.8) is 0 Å². The molecule has 1 heterocycles. The number of fused-ring (bicyclic) bond motifs is 3. The first-order valence-electron chi connectivity index (χ1n) is 7.46. The van der Waals surface area contributed by atoms with Crippen molar-refractivity contribution >= 4 is 6.29 Å². The molecule has 0 radical (unpaired) electrons. The van der Waals surface area contributed by atoms with Gasteiger partial charge in [-0.05, 0) is 44.9 Å². The average Bonchev–Trinajstić information content (AvgIpc) is 2.46. The van der Waals surface area contributed by atoms with Gasteiger partial charge in [-0.25, -0.2) is 0 Å². The van der Waals surface area contributed by atoms with Crippen LogP contribution in [-0.2, 0) is 4.79 Å². The molecule has 0 amide bonds. The summed E-state index contributed by atoms with van der Waals surface area (Å²) in [5.74, 6) is -0.475. The van der Waals surface area contributed by atoms with E-state index in [0.717, 1.165) is 0 Å². The van der Waals surface area contributed by atoms with Crippen LogP contribution < -0.4 is 4.74 Å². The molecule has 1 fully saturated rings. The van der Waals surface area contributed by atoms with Crippen molar-refractivity contribution < 1.29 is 19.6 Å². The van der Waals surface area contributed by atoms with Gasteiger partial charge in [0.2, 0.25) is 6.04 Å². The summed E-state index contributed by atoms with van der Waals surface area (Å²) in [6, 6.07) is 3.71. The summed E-state index contributed by atoms with van der Waals surface area (Å²) in [4.78, 5) is 22.6. The van der Waals surface area contributed by atoms with Gasteiger partial charge >= 0.3 is 0 Å². The van der Waals surface area contributed by atoms with Gasteiger partial charge < -0.3 is 14.6 Å². The van der Waals surface area contributed by atoms with Crippen LogP contribution in [0.4, 0.5) is 0 Å². The van der Waals surface area contributed by atoms with Gasteiger partial charge in [0.25, 0.3) is 0 Å². The van der Waals surface area contributed by atoms with E-state index in [-0.39, 0.29) is 16.6 Å². The molecular formula is C16H19NO5. The number of nitrogens with zero attached hydrogens (tertiary/aromatic N) is 1. The number of carbonyl (C=O) groups excluding carboxylic acids is 1. The number of ether oxygens (including phenoxy) is 1. The Balaban J connectivity index is 2.17. The predicted molar refractivity (Wildman–Crippen MR) is 78.6 cm³/mol. The van der Waals surface area contributed by atoms with Crippen molar-refractivity contribution in [1.29, 1.82) is 0 Å². The molecule has 0 unspecified atom stereocenters. The van der Waals surface area contributed by atoms with Crippen LogP contribution in [0.5, 0.6) is 11.5 Å². The molecule has 4 atom stereocenters. The predicted octanol–water partition coefficient (Wildman–Crippen LogP) is 2.52. The standard InChI is InChI=1S/C16H19NO5/c1-16(2)12-5-3-9(8-18)15(17(20)21)14(12)11-7-10(19)4-6-13(11)22-16/h4,6-9,12,14-15,19H,3,5H2,1-2H3/t9-,12-,14+,15-/m0/s1. The molecule has 1 N–H and O–H groups in total. The fourth-order valence-electron chi connectivity index (χ4n) is 4.09. The van der Waals surface area contributed by atoms with E-state index < -0.39 is 23.5 Å². The molecule has 6 nitrogen and oxygen atoms in total. The summed E-state index contributed by atoms with van der Waals surface area (Å²) >= 11 is 0. The lowest BCUT2D eigenvalue weighted by molar-refractivity contribution is -0.539. The van der Waals surface area contributed by atoms with Crippen molar-refractivity contribution in [3.05, 3.63) is 33.9 Å². The number of hydrogen-bond acceptors (Lipinski definition) is 5. The van der Waals surface area contributed by atoms with E-state index in [0.29, 0.717) is 30.4 Å². The summed E-state index contributed by atoms with van der Waals surface area (Å²) in [5, 5.41) is 21.4. The lowest BCUT2D eigenvalue weighted by Crippen LogP contribution is -2.54. The molecule has 0 bridgehead atoms. The second-order valence-electron chi connectivity index (χ2n) is 6.71. The number of phenols is 1. The molecule has 1 aromatic carbocycles. The molecule has 0 aromatic heterocycles. The maximum absolute atomic E-state index is 11.6. The van der Waals surface area contributed by atoms with Crippen molar-refractivity contribution in [2.75, 3.05) is 0 Å². The quantitative estimate of drug-likeness (QED) is 0.515. The highest BCUT2D eigenvalue weighted by Crippen LogP contribution is 2.53. The molecule has 6 heteroatoms. The molecule has 1 saturated carbocycles. The Morgan fingerprint density at radius 3 is 2.77 bits per heavy atom. The number of rotatable bonds is 2. The molecule has 0 saturated heterocycles. The number of aromatic hydroxyl groups is 1. The second kappa shape index (κ2) is 4.97. The topological polar surface area (TPSA) is 89.7 Å². The Morgan fingerprint density at radius 1 is 1.41 bits per heavy atom. The Morgan fingerprint density at radius 2 is 2.14 bits per heavy atom. The van der Waals surface area contributed by atoms with Crippen LogP contribution in [0.1, 0.15) is 38.2 Å². The van der Waals surface area contributed by atoms with Crippen LogP contribution in [-0.4, -0.2) is 28.0 Å². The molecule has 118 valence electrons. The van der Waals surface area contributed by atoms with E-state index in [9.17, 15) is 20.0 Å². The molecule has 3 rings (SSSR count). The SMILES string of the molecule is CC1(C)Oc2ccc(O)cc2[C@H]2[C@@H]([N+](=O)[O-])[C@H](C=O)CC[C@@H]21. The third-order valence-electron chi connectivity index (χ3n) is 5.09. The molecule has 1 aliphatic carbocycles. The third kappa shape index (κ3) is 2.14. The maximum atomic E-state index is 11.6. The van der Waals surface area contributed by atoms with Crippen LogP contribution in [0.2, 0.25) is 0 Å². The summed E-state index contributed by atoms with van der Waals surface area (Å²) in [6.45, 7) is 3.86. The first kappa shape index (κ1) is 14.8. The van der Waals surface area contributed by atoms with Gasteiger partial charge in [0.05, 0.1) is 11.8 Å². The first-order chi connectivity index (χ1) is 10.3. The average molecular weight is 305 g/mol. The van der Waals surface area contributed by atoms with E-state index in [4.69, 9.17) is 4.74 Å². The molecule has 1 aliphatic heterocycles. The summed E-state index contributed by atoms with van der Waals surface area (Å²) in [6.07, 6.45) is 1.90. The molecular weight excluding hydrogens is 286 g/mol. The Labute approximate surface area is 128 Å². The molecule has 2 aliphatic rings. The van der Waals surface area contributed by atoms with E-state index in [1.807, 2.05) is 13.8 Å². The number of carbonyl (C=O) groups is 1. The number of aldehydes is 1. The van der Waals surface area contributed by atoms with Crippen LogP contribution in [0, 0.1) is 22.0 Å². The fourth-order valence-corrected chi connectivity index (χ4v) is 4.09. The number of nitro groups is 1. The van der Waals surface area contributed by atoms with E-state index in [1.165, 1.54) is 12.1 Å². The summed E-state index contributed by atoms with van der Waals surface area (Å²) in [5.41, 5.74) is 0.0918. The fraction of sp³-hybridized carbons (Fsp3) is 0.562. The van der Waals surface area contributed by atoms with Gasteiger partial charge in [-0.2, -0.15) is 0 Å². The van der Waals surface area contributed by atoms with Crippen molar-refractivity contribution in [2.45, 2.75) is 44.2 Å². The number of hydrogen-bond donors (Lipinski definition) is 1. The van der Waals surface area contributed by atoms with Gasteiger partial charge in [-0.3, -0.25) is 10.1 Å². The first-order valence-corrected chi connectivity index (χ1v) is 7.46. The highest BCUT2D eigenvalue weighted by atomic mass is 16.6. The smallest absolute Gasteiger partial charge is 0.229 e. The van der Waals surface area contributed by atoms with Crippen molar-refractivity contribution in [2.24, 2.45) is 11.8 Å². The molecule has 1 aromatic rings. The van der Waals surface area contributed by atoms with E-state index in [2.05, 4.69) is 0 Å². The Bertz CT molecular complexity index is 627. The highest BCUT2D eigenvalue weighted by molar-refractivity contribution is 5.56. The number of phenolic OH excluding ortho intramolecular Hbond substituents is 1. The van der Waals surface area contributed by atoms with Crippen LogP contribution in [0.3, 0.4) is 0 Å². The number of benzene rings is 1. The van der Waals surface area contributed by atoms with E-state index >= 15 is 0 Å². The summed E-state index contributed by atoms with van der Waals surface area (Å²) < 4.78 is 6.02. The van der Waals surface area contributed by atoms with Gasteiger partial charge in [0.15, 0.2) is 0 Å². The van der Waals surface area contributed by atoms with Crippen molar-refractivity contribution in [3.8, 4) is 11.5 Å². The minimum atomic E-state index is -0.972.